The second-order valence-electron chi connectivity index (χ2n) is 7.57. The van der Waals surface area contributed by atoms with Gasteiger partial charge in [0, 0.05) is 70.7 Å². The first-order chi connectivity index (χ1) is 12.1. The van der Waals surface area contributed by atoms with Gasteiger partial charge in [0.2, 0.25) is 5.91 Å². The molecule has 0 aromatic rings. The average molecular weight is 439 g/mol. The molecule has 0 N–H and O–H groups in total. The first kappa shape index (κ1) is 24.2. The fourth-order valence-corrected chi connectivity index (χ4v) is 4.31. The van der Waals surface area contributed by atoms with Gasteiger partial charge in [-0.05, 0) is 45.1 Å². The van der Waals surface area contributed by atoms with Gasteiger partial charge < -0.3 is 10.2 Å². The molecule has 2 saturated heterocycles. The minimum Gasteiger partial charge on any atom is -0.662 e. The summed E-state index contributed by atoms with van der Waals surface area (Å²) in [5.74, 6) is 1.73. The van der Waals surface area contributed by atoms with E-state index in [0.717, 1.165) is 77.4 Å². The van der Waals surface area contributed by atoms with E-state index in [4.69, 9.17) is 0 Å². The molecule has 3 aliphatic rings. The number of Topliss-reactive ketones (excluding diaryl/α,β-unsaturated/α-hetero) is 1. The quantitative estimate of drug-likeness (QED) is 0.677. The SMILES string of the molecule is CC.CC(=O)C1CCC(C(=O)N2CCN(CC3CC[N-]C3)CC2)CC1.[Y]. The molecule has 6 heteroatoms. The number of ketones is 1. The van der Waals surface area contributed by atoms with Crippen LogP contribution in [-0.4, -0.2) is 67.3 Å². The maximum Gasteiger partial charge on any atom is 0.225 e. The van der Waals surface area contributed by atoms with Crippen molar-refractivity contribution in [1.82, 2.24) is 9.80 Å². The van der Waals surface area contributed by atoms with E-state index < -0.39 is 0 Å². The van der Waals surface area contributed by atoms with Crippen molar-refractivity contribution in [3.05, 3.63) is 5.32 Å². The van der Waals surface area contributed by atoms with Crippen LogP contribution in [0.15, 0.2) is 0 Å². The van der Waals surface area contributed by atoms with Crippen molar-refractivity contribution < 1.29 is 42.3 Å². The van der Waals surface area contributed by atoms with Gasteiger partial charge in [0.25, 0.3) is 0 Å². The molecule has 1 saturated carbocycles. The largest absolute Gasteiger partial charge is 0.662 e. The van der Waals surface area contributed by atoms with Crippen LogP contribution < -0.4 is 0 Å². The molecular weight excluding hydrogens is 403 g/mol. The molecule has 1 atom stereocenters. The number of carbonyl (C=O) groups is 2. The van der Waals surface area contributed by atoms with Crippen LogP contribution in [0, 0.1) is 17.8 Å². The molecule has 0 aromatic heterocycles. The Morgan fingerprint density at radius 1 is 0.923 bits per heavy atom. The van der Waals surface area contributed by atoms with Crippen molar-refractivity contribution in [1.29, 1.82) is 0 Å². The molecule has 3 rings (SSSR count). The zero-order valence-electron chi connectivity index (χ0n) is 17.0. The summed E-state index contributed by atoms with van der Waals surface area (Å²) in [5.41, 5.74) is 0. The van der Waals surface area contributed by atoms with Gasteiger partial charge in [-0.25, -0.2) is 0 Å². The standard InChI is InChI=1S/C18H30N3O2.C2H6.Y/c1-14(22)16-2-4-17(5-3-16)18(23)21-10-8-20(9-11-21)13-15-6-7-19-12-15;1-2;/h15-17H,2-13H2,1H3;1-2H3;/q-1;;. The summed E-state index contributed by atoms with van der Waals surface area (Å²) in [6, 6.07) is 0. The number of hydrogen-bond acceptors (Lipinski definition) is 3. The van der Waals surface area contributed by atoms with Gasteiger partial charge in [-0.2, -0.15) is 0 Å². The molecule has 1 radical (unpaired) electrons. The van der Waals surface area contributed by atoms with Crippen molar-refractivity contribution in [2.45, 2.75) is 52.9 Å². The molecule has 2 heterocycles. The van der Waals surface area contributed by atoms with Gasteiger partial charge in [0.1, 0.15) is 5.78 Å². The van der Waals surface area contributed by atoms with Crippen molar-refractivity contribution in [2.24, 2.45) is 17.8 Å². The number of hydrogen-bond donors (Lipinski definition) is 0. The Kier molecular flexibility index (Phi) is 11.7. The van der Waals surface area contributed by atoms with Gasteiger partial charge in [-0.1, -0.05) is 20.3 Å². The van der Waals surface area contributed by atoms with Crippen LogP contribution in [0.5, 0.6) is 0 Å². The van der Waals surface area contributed by atoms with Crippen LogP contribution in [0.4, 0.5) is 0 Å². The molecule has 0 spiro atoms. The van der Waals surface area contributed by atoms with Gasteiger partial charge in [-0.15, -0.1) is 13.1 Å². The van der Waals surface area contributed by atoms with E-state index in [0.29, 0.717) is 11.7 Å². The Balaban J connectivity index is 0.00000109. The zero-order chi connectivity index (χ0) is 18.2. The van der Waals surface area contributed by atoms with E-state index in [1.807, 2.05) is 13.8 Å². The summed E-state index contributed by atoms with van der Waals surface area (Å²) in [6.07, 6.45) is 4.83. The van der Waals surface area contributed by atoms with Crippen molar-refractivity contribution >= 4 is 11.7 Å². The molecule has 2 aliphatic heterocycles. The van der Waals surface area contributed by atoms with Gasteiger partial charge in [0.15, 0.2) is 0 Å². The first-order valence-corrected chi connectivity index (χ1v) is 10.3. The summed E-state index contributed by atoms with van der Waals surface area (Å²) in [4.78, 5) is 28.7. The molecule has 0 aromatic carbocycles. The number of piperazine rings is 1. The second-order valence-corrected chi connectivity index (χ2v) is 7.57. The third-order valence-electron chi connectivity index (χ3n) is 5.93. The van der Waals surface area contributed by atoms with Crippen LogP contribution >= 0.6 is 0 Å². The molecule has 0 bridgehead atoms. The van der Waals surface area contributed by atoms with Crippen LogP contribution in [0.3, 0.4) is 0 Å². The van der Waals surface area contributed by atoms with Crippen molar-refractivity contribution in [3.63, 3.8) is 0 Å². The second kappa shape index (κ2) is 12.6. The average Bonchev–Trinajstić information content (AvgIpc) is 3.16. The smallest absolute Gasteiger partial charge is 0.225 e. The van der Waals surface area contributed by atoms with Crippen LogP contribution in [0.2, 0.25) is 0 Å². The fourth-order valence-electron chi connectivity index (χ4n) is 4.31. The minimum atomic E-state index is 0. The van der Waals surface area contributed by atoms with E-state index in [1.54, 1.807) is 6.92 Å². The zero-order valence-corrected chi connectivity index (χ0v) is 19.8. The molecular formula is C20H36N3O2Y-. The number of rotatable bonds is 4. The Bertz CT molecular complexity index is 425. The minimum absolute atomic E-state index is 0. The number of carbonyl (C=O) groups excluding carboxylic acids is 2. The summed E-state index contributed by atoms with van der Waals surface area (Å²) < 4.78 is 0. The van der Waals surface area contributed by atoms with E-state index in [1.165, 1.54) is 6.42 Å². The Morgan fingerprint density at radius 3 is 2.00 bits per heavy atom. The van der Waals surface area contributed by atoms with Crippen molar-refractivity contribution in [3.8, 4) is 0 Å². The summed E-state index contributed by atoms with van der Waals surface area (Å²) in [5, 5.41) is 4.44. The van der Waals surface area contributed by atoms with Gasteiger partial charge >= 0.3 is 0 Å². The molecule has 3 fully saturated rings. The van der Waals surface area contributed by atoms with E-state index in [9.17, 15) is 9.59 Å². The van der Waals surface area contributed by atoms with E-state index >= 15 is 0 Å². The van der Waals surface area contributed by atoms with Crippen LogP contribution in [0.25, 0.3) is 5.32 Å². The topological polar surface area (TPSA) is 54.7 Å². The van der Waals surface area contributed by atoms with Crippen LogP contribution in [-0.2, 0) is 42.3 Å². The molecule has 147 valence electrons. The van der Waals surface area contributed by atoms with E-state index in [-0.39, 0.29) is 44.5 Å². The van der Waals surface area contributed by atoms with Crippen molar-refractivity contribution in [2.75, 3.05) is 45.8 Å². The summed E-state index contributed by atoms with van der Waals surface area (Å²) >= 11 is 0. The van der Waals surface area contributed by atoms with E-state index in [2.05, 4.69) is 15.1 Å². The first-order valence-electron chi connectivity index (χ1n) is 10.3. The molecule has 26 heavy (non-hydrogen) atoms. The summed E-state index contributed by atoms with van der Waals surface area (Å²) in [6.45, 7) is 12.6. The van der Waals surface area contributed by atoms with Gasteiger partial charge in [0.05, 0.1) is 0 Å². The molecule has 1 unspecified atom stereocenters. The third-order valence-corrected chi connectivity index (χ3v) is 5.93. The predicted molar refractivity (Wildman–Crippen MR) is 102 cm³/mol. The number of amides is 1. The van der Waals surface area contributed by atoms with Gasteiger partial charge in [-0.3, -0.25) is 14.5 Å². The summed E-state index contributed by atoms with van der Waals surface area (Å²) in [7, 11) is 0. The monoisotopic (exact) mass is 439 g/mol. The fraction of sp³-hybridized carbons (Fsp3) is 0.900. The Labute approximate surface area is 184 Å². The number of nitrogens with zero attached hydrogens (tertiary/aromatic N) is 3. The maximum absolute atomic E-state index is 12.7. The Morgan fingerprint density at radius 2 is 1.50 bits per heavy atom. The molecule has 5 nitrogen and oxygen atoms in total. The maximum atomic E-state index is 12.7. The molecule has 1 amide bonds. The normalized spacial score (nSPS) is 29.3. The Hall–Kier alpha value is 0.164. The third kappa shape index (κ3) is 6.96. The predicted octanol–water partition coefficient (Wildman–Crippen LogP) is 2.94. The molecule has 1 aliphatic carbocycles. The van der Waals surface area contributed by atoms with Crippen LogP contribution in [0.1, 0.15) is 52.9 Å².